The molecule has 1 heterocycles. The van der Waals surface area contributed by atoms with Crippen molar-refractivity contribution < 1.29 is 19.7 Å². The van der Waals surface area contributed by atoms with Gasteiger partial charge in [-0.25, -0.2) is 4.79 Å². The predicted octanol–water partition coefficient (Wildman–Crippen LogP) is 0.148. The highest BCUT2D eigenvalue weighted by Gasteiger charge is 2.20. The number of hydrogen-bond donors (Lipinski definition) is 3. The second-order valence-corrected chi connectivity index (χ2v) is 4.22. The van der Waals surface area contributed by atoms with Crippen molar-refractivity contribution in [2.75, 3.05) is 20.7 Å². The van der Waals surface area contributed by atoms with Gasteiger partial charge in [0.15, 0.2) is 0 Å². The Labute approximate surface area is 97.7 Å². The number of aliphatic hydroxyl groups excluding tert-OH is 2. The Bertz CT molecular complexity index is 352. The van der Waals surface area contributed by atoms with Crippen molar-refractivity contribution in [1.82, 2.24) is 5.32 Å². The van der Waals surface area contributed by atoms with E-state index in [9.17, 15) is 15.0 Å². The molecular formula is C10H15NO4S. The van der Waals surface area contributed by atoms with Gasteiger partial charge in [-0.2, -0.15) is 0 Å². The van der Waals surface area contributed by atoms with Crippen molar-refractivity contribution in [2.45, 2.75) is 12.2 Å². The number of rotatable bonds is 5. The third-order valence-electron chi connectivity index (χ3n) is 2.13. The molecule has 5 nitrogen and oxygen atoms in total. The van der Waals surface area contributed by atoms with Gasteiger partial charge in [-0.1, -0.05) is 0 Å². The van der Waals surface area contributed by atoms with Crippen LogP contribution in [0.3, 0.4) is 0 Å². The van der Waals surface area contributed by atoms with Crippen LogP contribution in [0.15, 0.2) is 11.4 Å². The highest BCUT2D eigenvalue weighted by molar-refractivity contribution is 7.12. The zero-order chi connectivity index (χ0) is 12.1. The summed E-state index contributed by atoms with van der Waals surface area (Å²) in [7, 11) is 2.98. The smallest absolute Gasteiger partial charge is 0.348 e. The summed E-state index contributed by atoms with van der Waals surface area (Å²) in [4.78, 5) is 11.6. The predicted molar refractivity (Wildman–Crippen MR) is 60.6 cm³/mol. The Kier molecular flexibility index (Phi) is 4.88. The molecule has 2 atom stereocenters. The molecule has 90 valence electrons. The highest BCUT2D eigenvalue weighted by atomic mass is 32.1. The molecule has 0 aliphatic rings. The summed E-state index contributed by atoms with van der Waals surface area (Å²) in [6, 6.07) is 1.53. The maximum absolute atomic E-state index is 11.2. The lowest BCUT2D eigenvalue weighted by Crippen LogP contribution is -2.29. The molecule has 0 aliphatic heterocycles. The summed E-state index contributed by atoms with van der Waals surface area (Å²) in [5, 5.41) is 23.7. The summed E-state index contributed by atoms with van der Waals surface area (Å²) in [5.41, 5.74) is 0.521. The largest absolute Gasteiger partial charge is 0.465 e. The number of carbonyl (C=O) groups is 1. The lowest BCUT2D eigenvalue weighted by atomic mass is 10.1. The van der Waals surface area contributed by atoms with Gasteiger partial charge in [0.1, 0.15) is 11.0 Å². The summed E-state index contributed by atoms with van der Waals surface area (Å²) < 4.78 is 4.55. The molecule has 1 aromatic rings. The number of methoxy groups -OCH3 is 1. The molecule has 0 fully saturated rings. The monoisotopic (exact) mass is 245 g/mol. The molecule has 0 radical (unpaired) electrons. The van der Waals surface area contributed by atoms with Crippen molar-refractivity contribution in [3.63, 3.8) is 0 Å². The molecule has 0 spiro atoms. The minimum absolute atomic E-state index is 0.282. The van der Waals surface area contributed by atoms with Crippen LogP contribution in [0.5, 0.6) is 0 Å². The van der Waals surface area contributed by atoms with Crippen LogP contribution < -0.4 is 5.32 Å². The number of aliphatic hydroxyl groups is 2. The van der Waals surface area contributed by atoms with Crippen molar-refractivity contribution in [3.05, 3.63) is 21.9 Å². The number of carbonyl (C=O) groups excluding carboxylic acids is 1. The average molecular weight is 245 g/mol. The van der Waals surface area contributed by atoms with Gasteiger partial charge in [0.2, 0.25) is 0 Å². The number of ether oxygens (including phenoxy) is 1. The second-order valence-electron chi connectivity index (χ2n) is 3.31. The van der Waals surface area contributed by atoms with E-state index in [-0.39, 0.29) is 6.54 Å². The van der Waals surface area contributed by atoms with Crippen LogP contribution in [0.2, 0.25) is 0 Å². The van der Waals surface area contributed by atoms with E-state index in [2.05, 4.69) is 10.1 Å². The normalized spacial score (nSPS) is 14.5. The van der Waals surface area contributed by atoms with Gasteiger partial charge in [-0.05, 0) is 24.1 Å². The molecule has 1 aromatic heterocycles. The molecule has 3 N–H and O–H groups in total. The maximum Gasteiger partial charge on any atom is 0.348 e. The van der Waals surface area contributed by atoms with Crippen LogP contribution in [0, 0.1) is 0 Å². The Morgan fingerprint density at radius 2 is 2.31 bits per heavy atom. The van der Waals surface area contributed by atoms with Crippen molar-refractivity contribution in [2.24, 2.45) is 0 Å². The number of hydrogen-bond acceptors (Lipinski definition) is 6. The molecule has 0 amide bonds. The van der Waals surface area contributed by atoms with E-state index in [1.54, 1.807) is 12.4 Å². The van der Waals surface area contributed by atoms with Crippen LogP contribution in [-0.2, 0) is 4.74 Å². The standard InChI is InChI=1S/C10H15NO4S/c1-11-4-7(12)9(13)6-3-8(16-5-6)10(14)15-2/h3,5,7,9,11-13H,4H2,1-2H3. The van der Waals surface area contributed by atoms with Gasteiger partial charge in [0.25, 0.3) is 0 Å². The fourth-order valence-corrected chi connectivity index (χ4v) is 2.11. The van der Waals surface area contributed by atoms with Crippen LogP contribution in [0.4, 0.5) is 0 Å². The number of likely N-dealkylation sites (N-methyl/N-ethyl adjacent to an activating group) is 1. The third kappa shape index (κ3) is 3.02. The fraction of sp³-hybridized carbons (Fsp3) is 0.500. The number of esters is 1. The molecule has 16 heavy (non-hydrogen) atoms. The lowest BCUT2D eigenvalue weighted by Gasteiger charge is -2.15. The van der Waals surface area contributed by atoms with Crippen LogP contribution in [0.25, 0.3) is 0 Å². The fourth-order valence-electron chi connectivity index (χ4n) is 1.26. The van der Waals surface area contributed by atoms with Crippen LogP contribution >= 0.6 is 11.3 Å². The van der Waals surface area contributed by atoms with E-state index in [4.69, 9.17) is 0 Å². The maximum atomic E-state index is 11.2. The van der Waals surface area contributed by atoms with Gasteiger partial charge in [-0.3, -0.25) is 0 Å². The Hall–Kier alpha value is -0.950. The van der Waals surface area contributed by atoms with Crippen LogP contribution in [-0.4, -0.2) is 43.0 Å². The zero-order valence-corrected chi connectivity index (χ0v) is 9.95. The Balaban J connectivity index is 2.73. The van der Waals surface area contributed by atoms with E-state index < -0.39 is 18.2 Å². The quantitative estimate of drug-likeness (QED) is 0.643. The summed E-state index contributed by atoms with van der Waals surface area (Å²) >= 11 is 1.18. The minimum atomic E-state index is -0.998. The van der Waals surface area contributed by atoms with Crippen molar-refractivity contribution in [3.8, 4) is 0 Å². The first kappa shape index (κ1) is 13.1. The van der Waals surface area contributed by atoms with E-state index in [0.717, 1.165) is 0 Å². The number of thiophene rings is 1. The summed E-state index contributed by atoms with van der Waals surface area (Å²) in [6.07, 6.45) is -1.90. The van der Waals surface area contributed by atoms with Crippen molar-refractivity contribution >= 4 is 17.3 Å². The molecule has 0 aromatic carbocycles. The Morgan fingerprint density at radius 1 is 1.62 bits per heavy atom. The molecule has 0 saturated heterocycles. The van der Waals surface area contributed by atoms with E-state index >= 15 is 0 Å². The molecule has 1 rings (SSSR count). The molecular weight excluding hydrogens is 230 g/mol. The van der Waals surface area contributed by atoms with Gasteiger partial charge in [0.05, 0.1) is 13.2 Å². The van der Waals surface area contributed by atoms with E-state index in [1.165, 1.54) is 24.5 Å². The number of nitrogens with one attached hydrogen (secondary N) is 1. The second kappa shape index (κ2) is 5.95. The average Bonchev–Trinajstić information content (AvgIpc) is 2.76. The first-order valence-corrected chi connectivity index (χ1v) is 5.65. The first-order chi connectivity index (χ1) is 7.60. The van der Waals surface area contributed by atoms with Crippen molar-refractivity contribution in [1.29, 1.82) is 0 Å². The lowest BCUT2D eigenvalue weighted by molar-refractivity contribution is 0.0204. The molecule has 0 bridgehead atoms. The molecule has 2 unspecified atom stereocenters. The van der Waals surface area contributed by atoms with Gasteiger partial charge in [-0.15, -0.1) is 11.3 Å². The van der Waals surface area contributed by atoms with E-state index in [1.807, 2.05) is 0 Å². The first-order valence-electron chi connectivity index (χ1n) is 4.77. The SMILES string of the molecule is CNCC(O)C(O)c1csc(C(=O)OC)c1. The topological polar surface area (TPSA) is 78.8 Å². The highest BCUT2D eigenvalue weighted by Crippen LogP contribution is 2.23. The molecule has 0 saturated carbocycles. The minimum Gasteiger partial charge on any atom is -0.465 e. The zero-order valence-electron chi connectivity index (χ0n) is 9.14. The van der Waals surface area contributed by atoms with Gasteiger partial charge < -0.3 is 20.3 Å². The van der Waals surface area contributed by atoms with Gasteiger partial charge >= 0.3 is 5.97 Å². The molecule has 6 heteroatoms. The van der Waals surface area contributed by atoms with Crippen LogP contribution in [0.1, 0.15) is 21.3 Å². The van der Waals surface area contributed by atoms with E-state index in [0.29, 0.717) is 10.4 Å². The Morgan fingerprint density at radius 3 is 2.88 bits per heavy atom. The van der Waals surface area contributed by atoms with Gasteiger partial charge in [0, 0.05) is 6.54 Å². The third-order valence-corrected chi connectivity index (χ3v) is 3.05. The summed E-state index contributed by atoms with van der Waals surface area (Å²) in [6.45, 7) is 0.282. The molecule has 0 aliphatic carbocycles. The summed E-state index contributed by atoms with van der Waals surface area (Å²) in [5.74, 6) is -0.438.